The van der Waals surface area contributed by atoms with Gasteiger partial charge in [0.1, 0.15) is 5.60 Å². The van der Waals surface area contributed by atoms with Crippen molar-refractivity contribution in [2.75, 3.05) is 12.3 Å². The Balaban J connectivity index is 1.86. The molecule has 0 aliphatic rings. The molecular weight excluding hydrogens is 294 g/mol. The second-order valence-corrected chi connectivity index (χ2v) is 6.36. The molecule has 0 aliphatic carbocycles. The van der Waals surface area contributed by atoms with Crippen LogP contribution in [0.25, 0.3) is 11.3 Å². The van der Waals surface area contributed by atoms with Crippen molar-refractivity contribution in [2.45, 2.75) is 39.2 Å². The van der Waals surface area contributed by atoms with Gasteiger partial charge in [0.25, 0.3) is 0 Å². The number of ether oxygens (including phenoxy) is 1. The van der Waals surface area contributed by atoms with Crippen molar-refractivity contribution in [2.24, 2.45) is 0 Å². The van der Waals surface area contributed by atoms with Crippen molar-refractivity contribution in [1.82, 2.24) is 10.3 Å². The van der Waals surface area contributed by atoms with Gasteiger partial charge in [-0.05, 0) is 57.4 Å². The largest absolute Gasteiger partial charge is 0.444 e. The molecule has 1 aromatic carbocycles. The summed E-state index contributed by atoms with van der Waals surface area (Å²) in [7, 11) is 0. The van der Waals surface area contributed by atoms with E-state index in [-0.39, 0.29) is 0 Å². The summed E-state index contributed by atoms with van der Waals surface area (Å²) in [5.74, 6) is 0.686. The first-order chi connectivity index (χ1) is 10.8. The maximum absolute atomic E-state index is 11.6. The van der Waals surface area contributed by atoms with Gasteiger partial charge in [0, 0.05) is 17.8 Å². The van der Waals surface area contributed by atoms with Crippen LogP contribution in [-0.4, -0.2) is 23.2 Å². The van der Waals surface area contributed by atoms with E-state index in [1.165, 1.54) is 6.39 Å². The van der Waals surface area contributed by atoms with Crippen LogP contribution in [0.15, 0.2) is 35.2 Å². The highest BCUT2D eigenvalue weighted by Gasteiger charge is 2.15. The van der Waals surface area contributed by atoms with Crippen LogP contribution in [0.5, 0.6) is 0 Å². The number of oxazole rings is 1. The van der Waals surface area contributed by atoms with Crippen molar-refractivity contribution in [1.29, 1.82) is 0 Å². The SMILES string of the molecule is CC(C)(C)OC(=O)NCCCc1cc(N)cc(-c2cnco2)c1. The van der Waals surface area contributed by atoms with Crippen LogP contribution in [0.3, 0.4) is 0 Å². The zero-order chi connectivity index (χ0) is 16.9. The molecule has 0 saturated carbocycles. The molecule has 6 nitrogen and oxygen atoms in total. The third-order valence-electron chi connectivity index (χ3n) is 3.04. The van der Waals surface area contributed by atoms with Gasteiger partial charge in [-0.25, -0.2) is 9.78 Å². The Bertz CT molecular complexity index is 646. The Labute approximate surface area is 136 Å². The first-order valence-corrected chi connectivity index (χ1v) is 7.59. The number of amides is 1. The molecule has 124 valence electrons. The van der Waals surface area contributed by atoms with Gasteiger partial charge in [-0.15, -0.1) is 0 Å². The Hall–Kier alpha value is -2.50. The van der Waals surface area contributed by atoms with Gasteiger partial charge < -0.3 is 20.2 Å². The third kappa shape index (κ3) is 5.65. The molecule has 2 rings (SSSR count). The van der Waals surface area contributed by atoms with Crippen LogP contribution in [0, 0.1) is 0 Å². The normalized spacial score (nSPS) is 11.3. The molecule has 6 heteroatoms. The summed E-state index contributed by atoms with van der Waals surface area (Å²) in [5.41, 5.74) is 8.11. The summed E-state index contributed by atoms with van der Waals surface area (Å²) < 4.78 is 10.5. The number of carbonyl (C=O) groups excluding carboxylic acids is 1. The van der Waals surface area contributed by atoms with Crippen LogP contribution >= 0.6 is 0 Å². The Kier molecular flexibility index (Phi) is 5.26. The second-order valence-electron chi connectivity index (χ2n) is 6.36. The van der Waals surface area contributed by atoms with Crippen LogP contribution in [0.1, 0.15) is 32.8 Å². The number of aromatic nitrogens is 1. The van der Waals surface area contributed by atoms with E-state index >= 15 is 0 Å². The van der Waals surface area contributed by atoms with Crippen molar-refractivity contribution in [3.63, 3.8) is 0 Å². The molecule has 3 N–H and O–H groups in total. The molecule has 1 aromatic heterocycles. The summed E-state index contributed by atoms with van der Waals surface area (Å²) in [6, 6.07) is 5.79. The van der Waals surface area contributed by atoms with Crippen molar-refractivity contribution < 1.29 is 13.9 Å². The Morgan fingerprint density at radius 1 is 1.35 bits per heavy atom. The van der Waals surface area contributed by atoms with Crippen LogP contribution in [0.2, 0.25) is 0 Å². The third-order valence-corrected chi connectivity index (χ3v) is 3.04. The lowest BCUT2D eigenvalue weighted by Crippen LogP contribution is -2.33. The van der Waals surface area contributed by atoms with Gasteiger partial charge in [0.2, 0.25) is 0 Å². The minimum absolute atomic E-state index is 0.396. The molecule has 1 amide bonds. The number of anilines is 1. The smallest absolute Gasteiger partial charge is 0.407 e. The fourth-order valence-electron chi connectivity index (χ4n) is 2.16. The summed E-state index contributed by atoms with van der Waals surface area (Å²) in [6.07, 6.45) is 4.24. The van der Waals surface area contributed by atoms with Crippen molar-refractivity contribution >= 4 is 11.8 Å². The maximum Gasteiger partial charge on any atom is 0.407 e. The van der Waals surface area contributed by atoms with Gasteiger partial charge in [-0.3, -0.25) is 0 Å². The molecule has 0 unspecified atom stereocenters. The fraction of sp³-hybridized carbons (Fsp3) is 0.412. The van der Waals surface area contributed by atoms with E-state index < -0.39 is 11.7 Å². The molecule has 2 aromatic rings. The first kappa shape index (κ1) is 16.9. The molecule has 0 radical (unpaired) electrons. The highest BCUT2D eigenvalue weighted by atomic mass is 16.6. The zero-order valence-electron chi connectivity index (χ0n) is 13.8. The van der Waals surface area contributed by atoms with E-state index in [1.54, 1.807) is 6.20 Å². The Morgan fingerprint density at radius 3 is 2.78 bits per heavy atom. The highest BCUT2D eigenvalue weighted by molar-refractivity contribution is 5.67. The second kappa shape index (κ2) is 7.17. The van der Waals surface area contributed by atoms with E-state index in [2.05, 4.69) is 10.3 Å². The average Bonchev–Trinajstić information content (AvgIpc) is 2.95. The molecule has 23 heavy (non-hydrogen) atoms. The van der Waals surface area contributed by atoms with Crippen molar-refractivity contribution in [3.8, 4) is 11.3 Å². The molecular formula is C17H23N3O3. The predicted octanol–water partition coefficient (Wildman–Crippen LogP) is 3.38. The molecule has 0 bridgehead atoms. The molecule has 0 atom stereocenters. The van der Waals surface area contributed by atoms with Gasteiger partial charge in [0.05, 0.1) is 6.20 Å². The van der Waals surface area contributed by atoms with Gasteiger partial charge in [-0.2, -0.15) is 0 Å². The van der Waals surface area contributed by atoms with E-state index in [1.807, 2.05) is 39.0 Å². The van der Waals surface area contributed by atoms with E-state index in [0.717, 1.165) is 24.0 Å². The van der Waals surface area contributed by atoms with E-state index in [9.17, 15) is 4.79 Å². The minimum atomic E-state index is -0.482. The number of carbonyl (C=O) groups is 1. The van der Waals surface area contributed by atoms with E-state index in [0.29, 0.717) is 18.0 Å². The topological polar surface area (TPSA) is 90.4 Å². The Morgan fingerprint density at radius 2 is 2.13 bits per heavy atom. The van der Waals surface area contributed by atoms with Gasteiger partial charge in [-0.1, -0.05) is 0 Å². The summed E-state index contributed by atoms with van der Waals surface area (Å²) in [6.45, 7) is 6.06. The summed E-state index contributed by atoms with van der Waals surface area (Å²) in [5, 5.41) is 2.75. The molecule has 0 spiro atoms. The van der Waals surface area contributed by atoms with Crippen LogP contribution in [-0.2, 0) is 11.2 Å². The van der Waals surface area contributed by atoms with Crippen LogP contribution in [0.4, 0.5) is 10.5 Å². The number of hydrogen-bond donors (Lipinski definition) is 2. The molecule has 0 saturated heterocycles. The molecule has 1 heterocycles. The lowest BCUT2D eigenvalue weighted by atomic mass is 10.0. The standard InChI is InChI=1S/C17H23N3O3/c1-17(2,3)23-16(21)20-6-4-5-12-7-13(9-14(18)8-12)15-10-19-11-22-15/h7-11H,4-6,18H2,1-3H3,(H,20,21). The van der Waals surface area contributed by atoms with Crippen LogP contribution < -0.4 is 11.1 Å². The number of nitrogen functional groups attached to an aromatic ring is 1. The number of benzene rings is 1. The predicted molar refractivity (Wildman–Crippen MR) is 88.9 cm³/mol. The summed E-state index contributed by atoms with van der Waals surface area (Å²) in [4.78, 5) is 15.5. The monoisotopic (exact) mass is 317 g/mol. The van der Waals surface area contributed by atoms with Gasteiger partial charge in [0.15, 0.2) is 12.2 Å². The number of rotatable bonds is 5. The molecule has 0 fully saturated rings. The number of hydrogen-bond acceptors (Lipinski definition) is 5. The number of nitrogens with one attached hydrogen (secondary N) is 1. The fourth-order valence-corrected chi connectivity index (χ4v) is 2.16. The summed E-state index contributed by atoms with van der Waals surface area (Å²) >= 11 is 0. The average molecular weight is 317 g/mol. The zero-order valence-corrected chi connectivity index (χ0v) is 13.8. The minimum Gasteiger partial charge on any atom is -0.444 e. The lowest BCUT2D eigenvalue weighted by molar-refractivity contribution is 0.0527. The number of aryl methyl sites for hydroxylation is 1. The quantitative estimate of drug-likeness (QED) is 0.651. The number of nitrogens with two attached hydrogens (primary N) is 1. The van der Waals surface area contributed by atoms with E-state index in [4.69, 9.17) is 14.9 Å². The number of nitrogens with zero attached hydrogens (tertiary/aromatic N) is 1. The maximum atomic E-state index is 11.6. The van der Waals surface area contributed by atoms with Crippen molar-refractivity contribution in [3.05, 3.63) is 36.4 Å². The number of alkyl carbamates (subject to hydrolysis) is 1. The lowest BCUT2D eigenvalue weighted by Gasteiger charge is -2.19. The van der Waals surface area contributed by atoms with Gasteiger partial charge >= 0.3 is 6.09 Å². The first-order valence-electron chi connectivity index (χ1n) is 7.59. The molecule has 0 aliphatic heterocycles. The highest BCUT2D eigenvalue weighted by Crippen LogP contribution is 2.23.